The average molecular weight is 289 g/mol. The monoisotopic (exact) mass is 288 g/mol. The predicted octanol–water partition coefficient (Wildman–Crippen LogP) is 6.02. The van der Waals surface area contributed by atoms with Gasteiger partial charge in [-0.2, -0.15) is 0 Å². The van der Waals surface area contributed by atoms with E-state index in [1.807, 2.05) is 0 Å². The van der Waals surface area contributed by atoms with E-state index >= 15 is 0 Å². The van der Waals surface area contributed by atoms with Gasteiger partial charge in [0.05, 0.1) is 0 Å². The molecule has 20 heavy (non-hydrogen) atoms. The maximum Gasteiger partial charge on any atom is 0.0164 e. The molecule has 1 aliphatic heterocycles. The van der Waals surface area contributed by atoms with Gasteiger partial charge in [-0.1, -0.05) is 60.1 Å². The van der Waals surface area contributed by atoms with Crippen molar-refractivity contribution in [3.63, 3.8) is 0 Å². The zero-order valence-corrected chi connectivity index (χ0v) is 14.7. The molecular weight excluding hydrogens is 260 g/mol. The summed E-state index contributed by atoms with van der Waals surface area (Å²) >= 11 is 2.19. The lowest BCUT2D eigenvalue weighted by atomic mass is 9.76. The topological polar surface area (TPSA) is 0 Å². The van der Waals surface area contributed by atoms with Gasteiger partial charge >= 0.3 is 0 Å². The summed E-state index contributed by atoms with van der Waals surface area (Å²) in [5.74, 6) is 0.825. The third kappa shape index (κ3) is 2.22. The molecule has 0 spiro atoms. The van der Waals surface area contributed by atoms with E-state index in [0.717, 1.165) is 11.2 Å². The molecule has 0 aromatic heterocycles. The lowest BCUT2D eigenvalue weighted by Crippen LogP contribution is -2.19. The standard InChI is InChI=1S/C19H28S/c1-18(2,3)13-10-11-14(19(4,5)6)17-16(13)12-8-7-9-15(12)20-17/h10-12,15H,7-9H2,1-6H3. The van der Waals surface area contributed by atoms with Crippen molar-refractivity contribution in [3.8, 4) is 0 Å². The summed E-state index contributed by atoms with van der Waals surface area (Å²) in [5.41, 5.74) is 5.41. The number of thioether (sulfide) groups is 1. The Morgan fingerprint density at radius 3 is 2.10 bits per heavy atom. The lowest BCUT2D eigenvalue weighted by Gasteiger charge is -2.29. The Balaban J connectivity index is 2.22. The van der Waals surface area contributed by atoms with Gasteiger partial charge in [-0.15, -0.1) is 11.8 Å². The molecule has 1 heterocycles. The molecule has 1 aromatic carbocycles. The highest BCUT2D eigenvalue weighted by Crippen LogP contribution is 2.58. The van der Waals surface area contributed by atoms with Crippen LogP contribution in [0.5, 0.6) is 0 Å². The first-order valence-corrected chi connectivity index (χ1v) is 8.92. The van der Waals surface area contributed by atoms with Crippen LogP contribution < -0.4 is 0 Å². The van der Waals surface area contributed by atoms with Crippen molar-refractivity contribution in [1.29, 1.82) is 0 Å². The molecule has 2 unspecified atom stereocenters. The minimum absolute atomic E-state index is 0.256. The van der Waals surface area contributed by atoms with Crippen LogP contribution in [0.2, 0.25) is 0 Å². The van der Waals surface area contributed by atoms with Gasteiger partial charge in [0.1, 0.15) is 0 Å². The van der Waals surface area contributed by atoms with Crippen molar-refractivity contribution >= 4 is 11.8 Å². The molecule has 0 nitrogen and oxygen atoms in total. The first kappa shape index (κ1) is 14.5. The third-order valence-electron chi connectivity index (χ3n) is 4.90. The van der Waals surface area contributed by atoms with E-state index in [9.17, 15) is 0 Å². The molecule has 0 N–H and O–H groups in total. The van der Waals surface area contributed by atoms with E-state index in [-0.39, 0.29) is 10.8 Å². The molecule has 0 amide bonds. The summed E-state index contributed by atoms with van der Waals surface area (Å²) in [4.78, 5) is 1.64. The van der Waals surface area contributed by atoms with Crippen LogP contribution in [-0.2, 0) is 10.8 Å². The fourth-order valence-corrected chi connectivity index (χ4v) is 5.80. The molecule has 1 heteroatoms. The molecule has 2 aliphatic rings. The second-order valence-corrected chi connectivity index (χ2v) is 9.85. The summed E-state index contributed by atoms with van der Waals surface area (Å²) in [5, 5.41) is 0.856. The first-order chi connectivity index (χ1) is 9.19. The van der Waals surface area contributed by atoms with Crippen molar-refractivity contribution in [2.75, 3.05) is 0 Å². The smallest absolute Gasteiger partial charge is 0.0164 e. The largest absolute Gasteiger partial charge is 0.121 e. The van der Waals surface area contributed by atoms with E-state index in [1.54, 1.807) is 21.6 Å². The molecule has 1 fully saturated rings. The van der Waals surface area contributed by atoms with Gasteiger partial charge in [0, 0.05) is 10.1 Å². The lowest BCUT2D eigenvalue weighted by molar-refractivity contribution is 0.550. The Morgan fingerprint density at radius 1 is 0.900 bits per heavy atom. The SMILES string of the molecule is CC(C)(C)c1ccc(C(C)(C)C)c2c1SC1CCCC21. The van der Waals surface area contributed by atoms with E-state index in [4.69, 9.17) is 0 Å². The maximum atomic E-state index is 2.43. The van der Waals surface area contributed by atoms with Gasteiger partial charge in [-0.25, -0.2) is 0 Å². The molecule has 2 atom stereocenters. The van der Waals surface area contributed by atoms with Gasteiger partial charge in [-0.3, -0.25) is 0 Å². The second kappa shape index (κ2) is 4.53. The van der Waals surface area contributed by atoms with Crippen LogP contribution in [0, 0.1) is 0 Å². The van der Waals surface area contributed by atoms with Crippen LogP contribution in [-0.4, -0.2) is 5.25 Å². The molecule has 1 aliphatic carbocycles. The summed E-state index contributed by atoms with van der Waals surface area (Å²) in [6, 6.07) is 4.84. The highest BCUT2D eigenvalue weighted by Gasteiger charge is 2.42. The average Bonchev–Trinajstić information content (AvgIpc) is 2.84. The van der Waals surface area contributed by atoms with Gasteiger partial charge in [0.2, 0.25) is 0 Å². The summed E-state index contributed by atoms with van der Waals surface area (Å²) in [6.07, 6.45) is 4.24. The van der Waals surface area contributed by atoms with Crippen molar-refractivity contribution in [1.82, 2.24) is 0 Å². The quantitative estimate of drug-likeness (QED) is 0.562. The van der Waals surface area contributed by atoms with E-state index in [2.05, 4.69) is 65.4 Å². The highest BCUT2D eigenvalue weighted by atomic mass is 32.2. The van der Waals surface area contributed by atoms with E-state index in [1.165, 1.54) is 19.3 Å². The van der Waals surface area contributed by atoms with Crippen molar-refractivity contribution < 1.29 is 0 Å². The van der Waals surface area contributed by atoms with Gasteiger partial charge in [-0.05, 0) is 46.3 Å². The van der Waals surface area contributed by atoms with Gasteiger partial charge in [0.25, 0.3) is 0 Å². The fourth-order valence-electron chi connectivity index (χ4n) is 3.89. The van der Waals surface area contributed by atoms with E-state index in [0.29, 0.717) is 0 Å². The summed E-state index contributed by atoms with van der Waals surface area (Å²) in [7, 11) is 0. The molecule has 1 aromatic rings. The van der Waals surface area contributed by atoms with Crippen molar-refractivity contribution in [2.45, 2.75) is 87.7 Å². The predicted molar refractivity (Wildman–Crippen MR) is 90.1 cm³/mol. The Bertz CT molecular complexity index is 528. The molecule has 3 rings (SSSR count). The van der Waals surface area contributed by atoms with Crippen LogP contribution in [0.1, 0.15) is 83.4 Å². The molecule has 0 saturated heterocycles. The van der Waals surface area contributed by atoms with Crippen LogP contribution in [0.25, 0.3) is 0 Å². The van der Waals surface area contributed by atoms with Crippen molar-refractivity contribution in [2.24, 2.45) is 0 Å². The second-order valence-electron chi connectivity index (χ2n) is 8.60. The van der Waals surface area contributed by atoms with Crippen LogP contribution in [0.3, 0.4) is 0 Å². The fraction of sp³-hybridized carbons (Fsp3) is 0.684. The number of rotatable bonds is 0. The summed E-state index contributed by atoms with van der Waals surface area (Å²) in [6.45, 7) is 14.2. The number of hydrogen-bond acceptors (Lipinski definition) is 1. The Hall–Kier alpha value is -0.430. The minimum Gasteiger partial charge on any atom is -0.121 e. The molecule has 0 bridgehead atoms. The number of fused-ring (bicyclic) bond motifs is 3. The molecule has 110 valence electrons. The molecule has 1 saturated carbocycles. The zero-order valence-electron chi connectivity index (χ0n) is 13.8. The Labute approximate surface area is 128 Å². The van der Waals surface area contributed by atoms with Crippen LogP contribution >= 0.6 is 11.8 Å². The third-order valence-corrected chi connectivity index (χ3v) is 6.45. The zero-order chi connectivity index (χ0) is 14.7. The molecule has 0 radical (unpaired) electrons. The normalized spacial score (nSPS) is 25.7. The van der Waals surface area contributed by atoms with Gasteiger partial charge < -0.3 is 0 Å². The van der Waals surface area contributed by atoms with Crippen LogP contribution in [0.15, 0.2) is 17.0 Å². The van der Waals surface area contributed by atoms with Crippen molar-refractivity contribution in [3.05, 3.63) is 28.8 Å². The Kier molecular flexibility index (Phi) is 3.29. The molecular formula is C19H28S. The summed E-state index contributed by atoms with van der Waals surface area (Å²) < 4.78 is 0. The minimum atomic E-state index is 0.256. The van der Waals surface area contributed by atoms with Gasteiger partial charge in [0.15, 0.2) is 0 Å². The van der Waals surface area contributed by atoms with E-state index < -0.39 is 0 Å². The Morgan fingerprint density at radius 2 is 1.50 bits per heavy atom. The number of benzene rings is 1. The highest BCUT2D eigenvalue weighted by molar-refractivity contribution is 8.00. The van der Waals surface area contributed by atoms with Crippen LogP contribution in [0.4, 0.5) is 0 Å². The maximum absolute atomic E-state index is 2.43. The number of hydrogen-bond donors (Lipinski definition) is 0. The first-order valence-electron chi connectivity index (χ1n) is 8.04.